The fourth-order valence-electron chi connectivity index (χ4n) is 3.54. The minimum Gasteiger partial charge on any atom is -0.484 e. The summed E-state index contributed by atoms with van der Waals surface area (Å²) in [5.74, 6) is -0.525. The van der Waals surface area contributed by atoms with Crippen molar-refractivity contribution < 1.29 is 33.4 Å². The molecule has 2 aromatic carbocycles. The van der Waals surface area contributed by atoms with Crippen LogP contribution in [0.4, 0.5) is 4.39 Å². The zero-order valence-corrected chi connectivity index (χ0v) is 22.0. The van der Waals surface area contributed by atoms with Crippen molar-refractivity contribution in [3.63, 3.8) is 0 Å². The smallest absolute Gasteiger partial charge is 0.290 e. The molecule has 2 aromatic rings. The summed E-state index contributed by atoms with van der Waals surface area (Å²) in [6.07, 6.45) is 6.49. The molecule has 0 saturated carbocycles. The second kappa shape index (κ2) is 17.2. The Balaban J connectivity index is 0.000000383. The summed E-state index contributed by atoms with van der Waals surface area (Å²) in [7, 11) is 1.89. The summed E-state index contributed by atoms with van der Waals surface area (Å²) in [6.45, 7) is 4.31. The van der Waals surface area contributed by atoms with Crippen molar-refractivity contribution >= 4 is 30.3 Å². The van der Waals surface area contributed by atoms with Gasteiger partial charge in [0.05, 0.1) is 11.6 Å². The molecule has 8 nitrogen and oxygen atoms in total. The number of nitrogens with one attached hydrogen (secondary N) is 2. The van der Waals surface area contributed by atoms with E-state index in [2.05, 4.69) is 22.8 Å². The second-order valence-corrected chi connectivity index (χ2v) is 8.89. The van der Waals surface area contributed by atoms with Crippen LogP contribution in [0.25, 0.3) is 0 Å². The van der Waals surface area contributed by atoms with Gasteiger partial charge in [0.25, 0.3) is 12.4 Å². The van der Waals surface area contributed by atoms with Crippen LogP contribution in [0.2, 0.25) is 5.02 Å². The van der Waals surface area contributed by atoms with E-state index in [4.69, 9.17) is 31.0 Å². The monoisotopic (exact) mass is 536 g/mol. The Morgan fingerprint density at radius 1 is 1.27 bits per heavy atom. The number of likely N-dealkylation sites (N-methyl/N-ethyl adjacent to an activating group) is 1. The molecule has 3 rings (SSSR count). The van der Waals surface area contributed by atoms with Crippen LogP contribution in [0.15, 0.2) is 54.6 Å². The third kappa shape index (κ3) is 13.0. The van der Waals surface area contributed by atoms with Gasteiger partial charge >= 0.3 is 0 Å². The van der Waals surface area contributed by atoms with Gasteiger partial charge in [-0.15, -0.1) is 0 Å². The first kappa shape index (κ1) is 31.8. The zero-order valence-electron chi connectivity index (χ0n) is 21.2. The number of rotatable bonds is 9. The Morgan fingerprint density at radius 2 is 2.00 bits per heavy atom. The van der Waals surface area contributed by atoms with E-state index in [1.54, 1.807) is 0 Å². The summed E-state index contributed by atoms with van der Waals surface area (Å²) in [4.78, 5) is 30.3. The molecule has 0 aliphatic heterocycles. The number of halogens is 2. The predicted octanol–water partition coefficient (Wildman–Crippen LogP) is 4.08. The average molecular weight is 537 g/mol. The summed E-state index contributed by atoms with van der Waals surface area (Å²) >= 11 is 5.60. The fourth-order valence-corrected chi connectivity index (χ4v) is 3.66. The van der Waals surface area contributed by atoms with Crippen molar-refractivity contribution in [2.45, 2.75) is 44.9 Å². The molecular formula is C27H34ClFN2O6. The molecule has 1 aliphatic rings. The van der Waals surface area contributed by atoms with Crippen LogP contribution < -0.4 is 15.4 Å². The molecule has 1 aliphatic carbocycles. The van der Waals surface area contributed by atoms with Gasteiger partial charge in [0, 0.05) is 17.6 Å². The molecule has 0 bridgehead atoms. The first-order chi connectivity index (χ1) is 17.7. The number of carbonyl (C=O) groups is 3. The number of ether oxygens (including phenoxy) is 2. The number of amides is 1. The van der Waals surface area contributed by atoms with Crippen molar-refractivity contribution in [2.24, 2.45) is 0 Å². The van der Waals surface area contributed by atoms with E-state index in [1.807, 2.05) is 45.2 Å². The Morgan fingerprint density at radius 3 is 2.62 bits per heavy atom. The lowest BCUT2D eigenvalue weighted by atomic mass is 9.85. The molecule has 0 fully saturated rings. The van der Waals surface area contributed by atoms with Crippen LogP contribution in [-0.2, 0) is 25.7 Å². The average Bonchev–Trinajstić information content (AvgIpc) is 2.85. The van der Waals surface area contributed by atoms with Crippen LogP contribution >= 0.6 is 11.6 Å². The summed E-state index contributed by atoms with van der Waals surface area (Å²) in [5.41, 5.74) is 2.01. The topological polar surface area (TPSA) is 114 Å². The zero-order chi connectivity index (χ0) is 27.7. The van der Waals surface area contributed by atoms with E-state index in [9.17, 15) is 14.0 Å². The molecule has 0 heterocycles. The maximum absolute atomic E-state index is 13.3. The minimum atomic E-state index is -0.569. The van der Waals surface area contributed by atoms with E-state index in [-0.39, 0.29) is 47.9 Å². The van der Waals surface area contributed by atoms with E-state index in [0.717, 1.165) is 30.8 Å². The molecule has 10 heteroatoms. The van der Waals surface area contributed by atoms with Crippen molar-refractivity contribution in [1.82, 2.24) is 10.6 Å². The molecule has 202 valence electrons. The molecule has 3 N–H and O–H groups in total. The molecule has 0 aromatic heterocycles. The lowest BCUT2D eigenvalue weighted by molar-refractivity contribution is -0.125. The van der Waals surface area contributed by atoms with Gasteiger partial charge in [0.15, 0.2) is 6.61 Å². The molecule has 2 unspecified atom stereocenters. The number of hydrogen-bond donors (Lipinski definition) is 3. The Labute approximate surface area is 221 Å². The standard InChI is InChI=1S/C16H20ClFN2O2.C10H12O2.CH2O2/c1-16(7-3-4-11(9-16)19-2)20-15(21)10-22-12-5-6-13(17)14(18)8-12;1-9-3-2-4-10(7-9)8-12-6-5-11;2-1-3/h3-6,8,11,19H,7,9-10H2,1-2H3,(H,20,21);2-5,7H,6,8H2,1H3;1H,(H,2,3). The molecule has 2 atom stereocenters. The summed E-state index contributed by atoms with van der Waals surface area (Å²) in [5, 5.41) is 13.1. The van der Waals surface area contributed by atoms with E-state index < -0.39 is 5.82 Å². The largest absolute Gasteiger partial charge is 0.484 e. The maximum atomic E-state index is 13.3. The highest BCUT2D eigenvalue weighted by atomic mass is 35.5. The van der Waals surface area contributed by atoms with Gasteiger partial charge in [-0.25, -0.2) is 4.39 Å². The van der Waals surface area contributed by atoms with E-state index >= 15 is 0 Å². The lowest BCUT2D eigenvalue weighted by Crippen LogP contribution is -2.52. The van der Waals surface area contributed by atoms with Gasteiger partial charge in [-0.3, -0.25) is 9.59 Å². The first-order valence-corrected chi connectivity index (χ1v) is 11.9. The Kier molecular flexibility index (Phi) is 14.8. The highest BCUT2D eigenvalue weighted by Gasteiger charge is 2.30. The molecule has 37 heavy (non-hydrogen) atoms. The van der Waals surface area contributed by atoms with Crippen LogP contribution in [0.5, 0.6) is 5.75 Å². The number of carbonyl (C=O) groups excluding carboxylic acids is 2. The Hall–Kier alpha value is -3.27. The van der Waals surface area contributed by atoms with Gasteiger partial charge in [0.2, 0.25) is 0 Å². The predicted molar refractivity (Wildman–Crippen MR) is 140 cm³/mol. The number of hydrogen-bond acceptors (Lipinski definition) is 6. The number of aldehydes is 1. The maximum Gasteiger partial charge on any atom is 0.290 e. The van der Waals surface area contributed by atoms with Gasteiger partial charge in [-0.2, -0.15) is 0 Å². The lowest BCUT2D eigenvalue weighted by Gasteiger charge is -2.35. The number of benzene rings is 2. The van der Waals surface area contributed by atoms with E-state index in [1.165, 1.54) is 17.7 Å². The van der Waals surface area contributed by atoms with Crippen molar-refractivity contribution in [1.29, 1.82) is 0 Å². The van der Waals surface area contributed by atoms with E-state index in [0.29, 0.717) is 6.61 Å². The summed E-state index contributed by atoms with van der Waals surface area (Å²) in [6, 6.07) is 12.4. The minimum absolute atomic E-state index is 0.0245. The molecule has 1 amide bonds. The number of aryl methyl sites for hydroxylation is 1. The fraction of sp³-hybridized carbons (Fsp3) is 0.370. The quantitative estimate of drug-likeness (QED) is 0.251. The summed E-state index contributed by atoms with van der Waals surface area (Å²) < 4.78 is 23.6. The molecule has 0 saturated heterocycles. The van der Waals surface area contributed by atoms with Crippen LogP contribution in [0, 0.1) is 12.7 Å². The Bertz CT molecular complexity index is 1040. The first-order valence-electron chi connectivity index (χ1n) is 11.5. The van der Waals surface area contributed by atoms with Gasteiger partial charge in [-0.05, 0) is 51.4 Å². The highest BCUT2D eigenvalue weighted by molar-refractivity contribution is 6.30. The third-order valence-electron chi connectivity index (χ3n) is 5.22. The SMILES string of the molecule is CNC1C=CCC(C)(NC(=O)COc2ccc(Cl)c(F)c2)C1.Cc1cccc(COCC=O)c1.O=CO. The van der Waals surface area contributed by atoms with Crippen LogP contribution in [0.1, 0.15) is 30.9 Å². The third-order valence-corrected chi connectivity index (χ3v) is 5.52. The van der Waals surface area contributed by atoms with Gasteiger partial charge < -0.3 is 30.0 Å². The highest BCUT2D eigenvalue weighted by Crippen LogP contribution is 2.23. The van der Waals surface area contributed by atoms with Crippen molar-refractivity contribution in [2.75, 3.05) is 20.3 Å². The van der Waals surface area contributed by atoms with Crippen LogP contribution in [-0.4, -0.2) is 55.6 Å². The van der Waals surface area contributed by atoms with Crippen molar-refractivity contribution in [3.8, 4) is 5.75 Å². The van der Waals surface area contributed by atoms with Crippen LogP contribution in [0.3, 0.4) is 0 Å². The van der Waals surface area contributed by atoms with Crippen molar-refractivity contribution in [3.05, 3.63) is 76.6 Å². The van der Waals surface area contributed by atoms with Gasteiger partial charge in [-0.1, -0.05) is 53.6 Å². The molecule has 0 spiro atoms. The normalized spacial score (nSPS) is 17.8. The molecule has 0 radical (unpaired) electrons. The van der Waals surface area contributed by atoms with Gasteiger partial charge in [0.1, 0.15) is 24.5 Å². The molecular weight excluding hydrogens is 503 g/mol. The number of carboxylic acid groups (broad SMARTS) is 1. The second-order valence-electron chi connectivity index (χ2n) is 8.48.